The van der Waals surface area contributed by atoms with E-state index >= 15 is 0 Å². The van der Waals surface area contributed by atoms with Crippen LogP contribution in [0.5, 0.6) is 0 Å². The summed E-state index contributed by atoms with van der Waals surface area (Å²) in [6.07, 6.45) is 0. The molecular weight excluding hydrogens is 1070 g/mol. The van der Waals surface area contributed by atoms with Gasteiger partial charge < -0.3 is 23.0 Å². The second kappa shape index (κ2) is 18.6. The first-order valence-corrected chi connectivity index (χ1v) is 31.7. The molecule has 4 aromatic heterocycles. The van der Waals surface area contributed by atoms with Gasteiger partial charge in [-0.1, -0.05) is 190 Å². The number of nitrogens with zero attached hydrogens (tertiary/aromatic N) is 3. The smallest absolute Gasteiger partial charge is 0.139 e. The highest BCUT2D eigenvalue weighted by molar-refractivity contribution is 6.21. The van der Waals surface area contributed by atoms with E-state index in [0.29, 0.717) is 0 Å². The number of fused-ring (bicyclic) bond motifs is 15. The summed E-state index contributed by atoms with van der Waals surface area (Å²) in [5.41, 5.74) is 23.8. The highest BCUT2D eigenvalue weighted by Crippen LogP contribution is 2.57. The van der Waals surface area contributed by atoms with Gasteiger partial charge in [0.05, 0.1) is 16.7 Å². The van der Waals surface area contributed by atoms with Gasteiger partial charge in [0.2, 0.25) is 0 Å². The zero-order valence-electron chi connectivity index (χ0n) is 54.5. The fourth-order valence-electron chi connectivity index (χ4n) is 14.7. The van der Waals surface area contributed by atoms with E-state index in [1.165, 1.54) is 88.2 Å². The number of para-hydroxylation sites is 2. The Bertz CT molecular complexity index is 5180. The van der Waals surface area contributed by atoms with Crippen molar-refractivity contribution in [1.82, 2.24) is 4.40 Å². The average Bonchev–Trinajstić information content (AvgIpc) is 1.51. The third-order valence-electron chi connectivity index (χ3n) is 19.6. The van der Waals surface area contributed by atoms with Crippen LogP contribution in [0.1, 0.15) is 157 Å². The molecule has 0 radical (unpaired) electrons. The number of anilines is 6. The molecule has 0 aliphatic heterocycles. The topological polar surface area (TPSA) is 37.2 Å². The van der Waals surface area contributed by atoms with E-state index in [0.717, 1.165) is 78.0 Å². The average molecular weight is 1150 g/mol. The van der Waals surface area contributed by atoms with Crippen LogP contribution in [0.3, 0.4) is 0 Å². The van der Waals surface area contributed by atoms with Crippen LogP contribution in [-0.2, 0) is 32.5 Å². The zero-order valence-corrected chi connectivity index (χ0v) is 54.5. The molecule has 4 heterocycles. The number of benzene rings is 10. The molecular formula is C83H81N3O2. The van der Waals surface area contributed by atoms with Crippen LogP contribution >= 0.6 is 0 Å². The maximum Gasteiger partial charge on any atom is 0.139 e. The molecule has 0 saturated carbocycles. The van der Waals surface area contributed by atoms with Crippen molar-refractivity contribution in [3.05, 3.63) is 221 Å². The molecule has 14 aromatic rings. The predicted molar refractivity (Wildman–Crippen MR) is 376 cm³/mol. The maximum atomic E-state index is 6.91. The number of hydrogen-bond donors (Lipinski definition) is 0. The van der Waals surface area contributed by atoms with E-state index in [1.807, 2.05) is 0 Å². The first kappa shape index (κ1) is 55.8. The number of furan rings is 2. The fraction of sp³-hybridized carbons (Fsp3) is 0.277. The number of aromatic nitrogens is 1. The van der Waals surface area contributed by atoms with Crippen LogP contribution in [-0.4, -0.2) is 4.40 Å². The van der Waals surface area contributed by atoms with E-state index in [9.17, 15) is 0 Å². The summed E-state index contributed by atoms with van der Waals surface area (Å²) >= 11 is 0. The molecule has 440 valence electrons. The van der Waals surface area contributed by atoms with Crippen LogP contribution in [0.2, 0.25) is 0 Å². The fourth-order valence-corrected chi connectivity index (χ4v) is 14.7. The standard InChI is InChI=1S/C83H81N3O2/c1-78(2,3)50-25-30-53(31-26-50)84(57-34-37-59-61-20-18-22-67(81(10,11)12)76(61)87-71(59)46-57)55-29-24-48-41-64-65-43-52(80(7,8)9)44-66-73-75(86(74(65)66)70(64)42-49(48)40-55)63-39-36-56(45-69(63)83(73,16)17)85(54-32-27-51(28-33-54)79(4,5)6)58-35-38-60-62-21-19-23-68(82(13,14)15)77(62)88-72(60)47-58/h18-47H,1-17H3. The molecule has 5 nitrogen and oxygen atoms in total. The van der Waals surface area contributed by atoms with Crippen LogP contribution < -0.4 is 9.80 Å². The molecule has 0 N–H and O–H groups in total. The third kappa shape index (κ3) is 8.53. The highest BCUT2D eigenvalue weighted by atomic mass is 16.3. The van der Waals surface area contributed by atoms with Crippen molar-refractivity contribution in [2.75, 3.05) is 9.80 Å². The molecule has 0 atom stereocenters. The Hall–Kier alpha value is -8.80. The van der Waals surface area contributed by atoms with Crippen molar-refractivity contribution in [1.29, 1.82) is 0 Å². The van der Waals surface area contributed by atoms with Gasteiger partial charge in [0, 0.05) is 106 Å². The molecule has 88 heavy (non-hydrogen) atoms. The summed E-state index contributed by atoms with van der Waals surface area (Å²) in [6, 6.07) is 69.3. The van der Waals surface area contributed by atoms with Gasteiger partial charge >= 0.3 is 0 Å². The van der Waals surface area contributed by atoms with Crippen molar-refractivity contribution in [2.24, 2.45) is 0 Å². The Balaban J connectivity index is 0.919. The molecule has 15 rings (SSSR count). The molecule has 0 unspecified atom stereocenters. The van der Waals surface area contributed by atoms with E-state index in [4.69, 9.17) is 8.83 Å². The lowest BCUT2D eigenvalue weighted by atomic mass is 9.79. The Morgan fingerprint density at radius 2 is 0.807 bits per heavy atom. The highest BCUT2D eigenvalue weighted by Gasteiger charge is 2.42. The molecule has 1 aliphatic rings. The Morgan fingerprint density at radius 1 is 0.352 bits per heavy atom. The molecule has 0 spiro atoms. The first-order chi connectivity index (χ1) is 41.5. The van der Waals surface area contributed by atoms with Gasteiger partial charge in [0.25, 0.3) is 0 Å². The molecule has 0 bridgehead atoms. The summed E-state index contributed by atoms with van der Waals surface area (Å²) in [5.74, 6) is 0. The van der Waals surface area contributed by atoms with Crippen LogP contribution in [0.25, 0.3) is 93.1 Å². The van der Waals surface area contributed by atoms with Gasteiger partial charge in [0.1, 0.15) is 22.3 Å². The quantitative estimate of drug-likeness (QED) is 0.166. The third-order valence-corrected chi connectivity index (χ3v) is 19.6. The summed E-state index contributed by atoms with van der Waals surface area (Å²) < 4.78 is 16.4. The lowest BCUT2D eigenvalue weighted by Crippen LogP contribution is -2.17. The first-order valence-electron chi connectivity index (χ1n) is 31.7. The minimum Gasteiger partial charge on any atom is -0.456 e. The van der Waals surface area contributed by atoms with Crippen molar-refractivity contribution in [3.8, 4) is 11.3 Å². The molecule has 0 fully saturated rings. The van der Waals surface area contributed by atoms with Crippen molar-refractivity contribution in [3.63, 3.8) is 0 Å². The minimum absolute atomic E-state index is 0.0136. The normalized spacial score (nSPS) is 14.1. The van der Waals surface area contributed by atoms with Crippen molar-refractivity contribution in [2.45, 2.75) is 150 Å². The van der Waals surface area contributed by atoms with Crippen LogP contribution in [0.15, 0.2) is 191 Å². The van der Waals surface area contributed by atoms with E-state index in [2.05, 4.69) is 314 Å². The minimum atomic E-state index is -0.342. The van der Waals surface area contributed by atoms with Crippen molar-refractivity contribution >= 4 is 116 Å². The van der Waals surface area contributed by atoms with Gasteiger partial charge in [-0.05, 0) is 163 Å². The van der Waals surface area contributed by atoms with Gasteiger partial charge in [-0.3, -0.25) is 0 Å². The summed E-state index contributed by atoms with van der Waals surface area (Å²) in [4.78, 5) is 4.84. The van der Waals surface area contributed by atoms with E-state index in [-0.39, 0.29) is 32.5 Å². The number of rotatable bonds is 6. The SMILES string of the molecule is CC(C)(C)c1ccc(N(c2ccc3c(c2)C(C)(C)c2c-3n3c4cc5cc(N(c6ccc(C(C)(C)C)cc6)c6ccc7c(c6)oc6c(C(C)(C)C)cccc67)ccc5cc4c4cc(C(C)(C)C)cc2c43)c2ccc3c(c2)oc2c(C(C)(C)C)cccc23)cc1. The predicted octanol–water partition coefficient (Wildman–Crippen LogP) is 24.4. The van der Waals surface area contributed by atoms with E-state index < -0.39 is 0 Å². The molecule has 0 saturated heterocycles. The molecule has 10 aromatic carbocycles. The lowest BCUT2D eigenvalue weighted by Gasteiger charge is -2.29. The number of hydrogen-bond acceptors (Lipinski definition) is 4. The second-order valence-electron chi connectivity index (χ2n) is 31.2. The van der Waals surface area contributed by atoms with Crippen molar-refractivity contribution < 1.29 is 8.83 Å². The van der Waals surface area contributed by atoms with Gasteiger partial charge in [-0.25, -0.2) is 0 Å². The largest absolute Gasteiger partial charge is 0.456 e. The monoisotopic (exact) mass is 1150 g/mol. The summed E-state index contributed by atoms with van der Waals surface area (Å²) in [5, 5.41) is 10.9. The summed E-state index contributed by atoms with van der Waals surface area (Å²) in [7, 11) is 0. The molecule has 5 heteroatoms. The molecule has 1 aliphatic carbocycles. The summed E-state index contributed by atoms with van der Waals surface area (Å²) in [6.45, 7) is 39.3. The Kier molecular flexibility index (Phi) is 11.8. The maximum absolute atomic E-state index is 6.91. The Labute approximate surface area is 518 Å². The van der Waals surface area contributed by atoms with E-state index in [1.54, 1.807) is 0 Å². The second-order valence-corrected chi connectivity index (χ2v) is 31.2. The van der Waals surface area contributed by atoms with Crippen LogP contribution in [0.4, 0.5) is 34.1 Å². The van der Waals surface area contributed by atoms with Gasteiger partial charge in [0.15, 0.2) is 0 Å². The lowest BCUT2D eigenvalue weighted by molar-refractivity contribution is 0.572. The van der Waals surface area contributed by atoms with Crippen LogP contribution in [0, 0.1) is 0 Å². The van der Waals surface area contributed by atoms with Gasteiger partial charge in [-0.15, -0.1) is 0 Å². The van der Waals surface area contributed by atoms with Gasteiger partial charge in [-0.2, -0.15) is 0 Å². The molecule has 0 amide bonds. The zero-order chi connectivity index (χ0) is 61.7. The Morgan fingerprint density at radius 3 is 1.31 bits per heavy atom.